The predicted molar refractivity (Wildman–Crippen MR) is 73.3 cm³/mol. The second kappa shape index (κ2) is 5.59. The topological polar surface area (TPSA) is 78.8 Å². The smallest absolute Gasteiger partial charge is 0.270 e. The fourth-order valence-electron chi connectivity index (χ4n) is 1.69. The maximum atomic E-state index is 11.9. The standard InChI is InChI=1S/C13H11N3O2S/c1-18-10-6-4-3-5-8(10)11-9(7-14)12(17)16-13(15-11)19-2/h3-6H,1-2H3,(H,15,16,17). The molecule has 1 heterocycles. The molecule has 0 bridgehead atoms. The van der Waals surface area contributed by atoms with Gasteiger partial charge in [-0.2, -0.15) is 5.26 Å². The third kappa shape index (κ3) is 2.46. The van der Waals surface area contributed by atoms with Gasteiger partial charge in [0.15, 0.2) is 5.16 Å². The largest absolute Gasteiger partial charge is 0.496 e. The lowest BCUT2D eigenvalue weighted by Crippen LogP contribution is -2.14. The first-order valence-corrected chi connectivity index (χ1v) is 6.65. The molecular weight excluding hydrogens is 262 g/mol. The highest BCUT2D eigenvalue weighted by Gasteiger charge is 2.16. The Labute approximate surface area is 114 Å². The summed E-state index contributed by atoms with van der Waals surface area (Å²) >= 11 is 1.31. The molecule has 1 aromatic heterocycles. The van der Waals surface area contributed by atoms with E-state index in [1.54, 1.807) is 24.5 Å². The summed E-state index contributed by atoms with van der Waals surface area (Å²) in [4.78, 5) is 18.7. The van der Waals surface area contributed by atoms with Gasteiger partial charge < -0.3 is 9.72 Å². The van der Waals surface area contributed by atoms with Crippen molar-refractivity contribution in [2.24, 2.45) is 0 Å². The molecule has 19 heavy (non-hydrogen) atoms. The lowest BCUT2D eigenvalue weighted by atomic mass is 10.1. The summed E-state index contributed by atoms with van der Waals surface area (Å²) in [7, 11) is 1.54. The summed E-state index contributed by atoms with van der Waals surface area (Å²) in [6.45, 7) is 0. The second-order valence-electron chi connectivity index (χ2n) is 3.61. The third-order valence-electron chi connectivity index (χ3n) is 2.56. The summed E-state index contributed by atoms with van der Waals surface area (Å²) in [5.41, 5.74) is 0.515. The number of nitriles is 1. The van der Waals surface area contributed by atoms with Crippen molar-refractivity contribution < 1.29 is 4.74 Å². The van der Waals surface area contributed by atoms with Crippen molar-refractivity contribution >= 4 is 11.8 Å². The van der Waals surface area contributed by atoms with Crippen molar-refractivity contribution in [3.63, 3.8) is 0 Å². The van der Waals surface area contributed by atoms with Gasteiger partial charge in [-0.15, -0.1) is 0 Å². The Kier molecular flexibility index (Phi) is 3.88. The van der Waals surface area contributed by atoms with Crippen LogP contribution < -0.4 is 10.3 Å². The maximum absolute atomic E-state index is 11.9. The number of benzene rings is 1. The van der Waals surface area contributed by atoms with E-state index in [1.165, 1.54) is 18.9 Å². The van der Waals surface area contributed by atoms with E-state index in [2.05, 4.69) is 9.97 Å². The molecule has 0 aliphatic rings. The van der Waals surface area contributed by atoms with E-state index < -0.39 is 5.56 Å². The van der Waals surface area contributed by atoms with Gasteiger partial charge in [0.2, 0.25) is 0 Å². The van der Waals surface area contributed by atoms with Crippen LogP contribution in [0.3, 0.4) is 0 Å². The molecule has 0 atom stereocenters. The van der Waals surface area contributed by atoms with Gasteiger partial charge in [0, 0.05) is 5.56 Å². The van der Waals surface area contributed by atoms with Crippen LogP contribution in [0.15, 0.2) is 34.2 Å². The van der Waals surface area contributed by atoms with E-state index in [0.717, 1.165) is 0 Å². The summed E-state index contributed by atoms with van der Waals surface area (Å²) in [5.74, 6) is 0.573. The number of rotatable bonds is 3. The number of hydrogen-bond donors (Lipinski definition) is 1. The van der Waals surface area contributed by atoms with Gasteiger partial charge in [0.25, 0.3) is 5.56 Å². The number of nitrogens with one attached hydrogen (secondary N) is 1. The number of ether oxygens (including phenoxy) is 1. The van der Waals surface area contributed by atoms with E-state index >= 15 is 0 Å². The molecule has 2 aromatic rings. The Morgan fingerprint density at radius 2 is 2.16 bits per heavy atom. The van der Waals surface area contributed by atoms with Crippen LogP contribution >= 0.6 is 11.8 Å². The predicted octanol–water partition coefficient (Wildman–Crippen LogP) is 2.04. The number of para-hydroxylation sites is 1. The normalized spacial score (nSPS) is 9.95. The van der Waals surface area contributed by atoms with Crippen LogP contribution in [0, 0.1) is 11.3 Å². The van der Waals surface area contributed by atoms with Crippen molar-refractivity contribution in [3.8, 4) is 23.1 Å². The summed E-state index contributed by atoms with van der Waals surface area (Å²) in [6, 6.07) is 9.05. The van der Waals surface area contributed by atoms with Crippen LogP contribution in [-0.4, -0.2) is 23.3 Å². The van der Waals surface area contributed by atoms with Crippen molar-refractivity contribution in [3.05, 3.63) is 40.2 Å². The zero-order valence-electron chi connectivity index (χ0n) is 10.4. The molecule has 1 N–H and O–H groups in total. The molecule has 0 aliphatic heterocycles. The molecule has 5 nitrogen and oxygen atoms in total. The minimum Gasteiger partial charge on any atom is -0.496 e. The van der Waals surface area contributed by atoms with Gasteiger partial charge >= 0.3 is 0 Å². The van der Waals surface area contributed by atoms with Crippen LogP contribution in [0.25, 0.3) is 11.3 Å². The van der Waals surface area contributed by atoms with Gasteiger partial charge in [0.1, 0.15) is 23.1 Å². The Morgan fingerprint density at radius 1 is 1.42 bits per heavy atom. The van der Waals surface area contributed by atoms with Crippen LogP contribution in [0.1, 0.15) is 5.56 Å². The van der Waals surface area contributed by atoms with Gasteiger partial charge in [0.05, 0.1) is 7.11 Å². The average molecular weight is 273 g/mol. The highest BCUT2D eigenvalue weighted by atomic mass is 32.2. The monoisotopic (exact) mass is 273 g/mol. The fourth-order valence-corrected chi connectivity index (χ4v) is 2.07. The number of nitrogens with zero attached hydrogens (tertiary/aromatic N) is 2. The van der Waals surface area contributed by atoms with Gasteiger partial charge in [-0.05, 0) is 18.4 Å². The lowest BCUT2D eigenvalue weighted by Gasteiger charge is -2.09. The molecule has 6 heteroatoms. The molecule has 0 saturated heterocycles. The van der Waals surface area contributed by atoms with Crippen molar-refractivity contribution in [1.82, 2.24) is 9.97 Å². The highest BCUT2D eigenvalue weighted by molar-refractivity contribution is 7.98. The number of hydrogen-bond acceptors (Lipinski definition) is 5. The number of aromatic nitrogens is 2. The van der Waals surface area contributed by atoms with Crippen LogP contribution in [0.5, 0.6) is 5.75 Å². The molecule has 0 saturated carbocycles. The van der Waals surface area contributed by atoms with E-state index in [0.29, 0.717) is 22.2 Å². The molecule has 0 unspecified atom stereocenters. The molecule has 0 amide bonds. The van der Waals surface area contributed by atoms with Gasteiger partial charge in [-0.3, -0.25) is 4.79 Å². The summed E-state index contributed by atoms with van der Waals surface area (Å²) < 4.78 is 5.24. The van der Waals surface area contributed by atoms with Crippen molar-refractivity contribution in [2.45, 2.75) is 5.16 Å². The first-order chi connectivity index (χ1) is 9.21. The minimum absolute atomic E-state index is 0.0118. The molecular formula is C13H11N3O2S. The highest BCUT2D eigenvalue weighted by Crippen LogP contribution is 2.29. The SMILES string of the molecule is COc1ccccc1-c1nc(SC)[nH]c(=O)c1C#N. The molecule has 2 rings (SSSR count). The zero-order valence-corrected chi connectivity index (χ0v) is 11.2. The molecule has 0 aliphatic carbocycles. The third-order valence-corrected chi connectivity index (χ3v) is 3.14. The van der Waals surface area contributed by atoms with Crippen LogP contribution in [-0.2, 0) is 0 Å². The minimum atomic E-state index is -0.442. The number of methoxy groups -OCH3 is 1. The second-order valence-corrected chi connectivity index (χ2v) is 4.41. The molecule has 0 fully saturated rings. The fraction of sp³-hybridized carbons (Fsp3) is 0.154. The maximum Gasteiger partial charge on any atom is 0.270 e. The lowest BCUT2D eigenvalue weighted by molar-refractivity contribution is 0.416. The Balaban J connectivity index is 2.77. The molecule has 0 spiro atoms. The quantitative estimate of drug-likeness (QED) is 0.684. The Bertz CT molecular complexity index is 704. The van der Waals surface area contributed by atoms with Crippen molar-refractivity contribution in [2.75, 3.05) is 13.4 Å². The van der Waals surface area contributed by atoms with Gasteiger partial charge in [-0.1, -0.05) is 23.9 Å². The number of thioether (sulfide) groups is 1. The molecule has 0 radical (unpaired) electrons. The first kappa shape index (κ1) is 13.2. The van der Waals surface area contributed by atoms with E-state index in [-0.39, 0.29) is 5.56 Å². The number of aromatic amines is 1. The van der Waals surface area contributed by atoms with Crippen LogP contribution in [0.4, 0.5) is 0 Å². The number of H-pyrrole nitrogens is 1. The average Bonchev–Trinajstić information content (AvgIpc) is 2.46. The van der Waals surface area contributed by atoms with Crippen molar-refractivity contribution in [1.29, 1.82) is 5.26 Å². The Morgan fingerprint density at radius 3 is 2.79 bits per heavy atom. The van der Waals surface area contributed by atoms with Gasteiger partial charge in [-0.25, -0.2) is 4.98 Å². The summed E-state index contributed by atoms with van der Waals surface area (Å²) in [5, 5.41) is 9.59. The molecule has 1 aromatic carbocycles. The van der Waals surface area contributed by atoms with E-state index in [1.807, 2.05) is 12.1 Å². The first-order valence-electron chi connectivity index (χ1n) is 5.43. The zero-order chi connectivity index (χ0) is 13.8. The summed E-state index contributed by atoms with van der Waals surface area (Å²) in [6.07, 6.45) is 1.80. The van der Waals surface area contributed by atoms with Crippen LogP contribution in [0.2, 0.25) is 0 Å². The Hall–Kier alpha value is -2.26. The molecule has 96 valence electrons. The van der Waals surface area contributed by atoms with E-state index in [4.69, 9.17) is 10.00 Å². The van der Waals surface area contributed by atoms with E-state index in [9.17, 15) is 4.79 Å².